The van der Waals surface area contributed by atoms with E-state index in [1.807, 2.05) is 0 Å². The van der Waals surface area contributed by atoms with E-state index in [4.69, 9.17) is 16.7 Å². The fraction of sp³-hybridized carbons (Fsp3) is 0.533. The van der Waals surface area contributed by atoms with Gasteiger partial charge in [-0.1, -0.05) is 18.0 Å². The Hall–Kier alpha value is -0.870. The molecule has 0 amide bonds. The van der Waals surface area contributed by atoms with Gasteiger partial charge >= 0.3 is 5.97 Å². The minimum atomic E-state index is -1.13. The van der Waals surface area contributed by atoms with Crippen LogP contribution in [0.3, 0.4) is 0 Å². The number of carboxylic acids is 1. The number of hydrogen-bond donors (Lipinski definition) is 1. The second-order valence-corrected chi connectivity index (χ2v) is 7.80. The number of aromatic carboxylic acids is 1. The van der Waals surface area contributed by atoms with Crippen LogP contribution in [-0.2, 0) is 10.8 Å². The summed E-state index contributed by atoms with van der Waals surface area (Å²) < 4.78 is 12.4. The molecule has 2 aliphatic carbocycles. The molecule has 108 valence electrons. The van der Waals surface area contributed by atoms with Crippen molar-refractivity contribution >= 4 is 28.4 Å². The average Bonchev–Trinajstić information content (AvgIpc) is 3.01. The van der Waals surface area contributed by atoms with Crippen molar-refractivity contribution in [3.05, 3.63) is 28.8 Å². The summed E-state index contributed by atoms with van der Waals surface area (Å²) in [6, 6.07) is 4.66. The van der Waals surface area contributed by atoms with E-state index >= 15 is 0 Å². The predicted octanol–water partition coefficient (Wildman–Crippen LogP) is 3.58. The zero-order chi connectivity index (χ0) is 14.3. The van der Waals surface area contributed by atoms with Gasteiger partial charge in [0, 0.05) is 10.6 Å². The first-order valence-corrected chi connectivity index (χ1v) is 8.65. The lowest BCUT2D eigenvalue weighted by molar-refractivity contribution is 0.0697. The quantitative estimate of drug-likeness (QED) is 0.924. The summed E-state index contributed by atoms with van der Waals surface area (Å²) in [5.41, 5.74) is 0.0328. The summed E-state index contributed by atoms with van der Waals surface area (Å²) in [6.07, 6.45) is 5.09. The van der Waals surface area contributed by atoms with Crippen molar-refractivity contribution in [3.8, 4) is 0 Å². The molecule has 0 spiro atoms. The van der Waals surface area contributed by atoms with Gasteiger partial charge in [-0.25, -0.2) is 4.79 Å². The van der Waals surface area contributed by atoms with Gasteiger partial charge in [-0.05, 0) is 55.2 Å². The lowest BCUT2D eigenvalue weighted by Gasteiger charge is -2.21. The fourth-order valence-electron chi connectivity index (χ4n) is 3.68. The molecule has 2 bridgehead atoms. The smallest absolute Gasteiger partial charge is 0.337 e. The largest absolute Gasteiger partial charge is 0.478 e. The molecule has 1 aromatic carbocycles. The van der Waals surface area contributed by atoms with E-state index in [1.54, 1.807) is 6.07 Å². The Labute approximate surface area is 125 Å². The van der Waals surface area contributed by atoms with Gasteiger partial charge in [0.15, 0.2) is 0 Å². The van der Waals surface area contributed by atoms with Gasteiger partial charge < -0.3 is 5.11 Å². The maximum absolute atomic E-state index is 12.4. The van der Waals surface area contributed by atoms with Crippen molar-refractivity contribution in [2.45, 2.75) is 30.6 Å². The lowest BCUT2D eigenvalue weighted by atomic mass is 9.90. The van der Waals surface area contributed by atoms with Gasteiger partial charge in [0.2, 0.25) is 0 Å². The number of fused-ring (bicyclic) bond motifs is 2. The molecule has 4 atom stereocenters. The van der Waals surface area contributed by atoms with E-state index in [9.17, 15) is 9.00 Å². The van der Waals surface area contributed by atoms with Crippen LogP contribution in [0.2, 0.25) is 5.02 Å². The summed E-state index contributed by atoms with van der Waals surface area (Å²) in [7, 11) is -1.13. The first-order chi connectivity index (χ1) is 9.54. The van der Waals surface area contributed by atoms with Crippen LogP contribution in [0, 0.1) is 17.8 Å². The Morgan fingerprint density at radius 1 is 1.35 bits per heavy atom. The molecule has 1 N–H and O–H groups in total. The Kier molecular flexibility index (Phi) is 3.87. The van der Waals surface area contributed by atoms with E-state index in [-0.39, 0.29) is 10.6 Å². The molecule has 3 rings (SSSR count). The van der Waals surface area contributed by atoms with Crippen LogP contribution in [0.4, 0.5) is 0 Å². The van der Waals surface area contributed by atoms with Crippen LogP contribution in [0.1, 0.15) is 36.0 Å². The monoisotopic (exact) mass is 312 g/mol. The number of benzene rings is 1. The zero-order valence-corrected chi connectivity index (χ0v) is 12.6. The van der Waals surface area contributed by atoms with E-state index in [0.29, 0.717) is 16.6 Å². The molecular formula is C15H17ClO3S. The normalized spacial score (nSPS) is 29.6. The summed E-state index contributed by atoms with van der Waals surface area (Å²) >= 11 is 5.84. The molecule has 1 aromatic rings. The van der Waals surface area contributed by atoms with Crippen LogP contribution in [-0.4, -0.2) is 21.0 Å². The molecule has 0 saturated heterocycles. The van der Waals surface area contributed by atoms with Crippen molar-refractivity contribution < 1.29 is 14.1 Å². The highest BCUT2D eigenvalue weighted by atomic mass is 35.5. The molecule has 0 heterocycles. The van der Waals surface area contributed by atoms with Crippen molar-refractivity contribution in [1.29, 1.82) is 0 Å². The zero-order valence-electron chi connectivity index (χ0n) is 11.0. The van der Waals surface area contributed by atoms with Gasteiger partial charge in [-0.15, -0.1) is 0 Å². The van der Waals surface area contributed by atoms with Crippen molar-refractivity contribution in [2.24, 2.45) is 17.8 Å². The maximum atomic E-state index is 12.4. The van der Waals surface area contributed by atoms with Gasteiger partial charge in [0.1, 0.15) is 0 Å². The molecule has 2 fully saturated rings. The highest BCUT2D eigenvalue weighted by Gasteiger charge is 2.40. The number of halogens is 1. The Morgan fingerprint density at radius 2 is 2.15 bits per heavy atom. The second-order valence-electron chi connectivity index (χ2n) is 5.89. The molecule has 4 unspecified atom stereocenters. The lowest BCUT2D eigenvalue weighted by Crippen LogP contribution is -2.18. The summed E-state index contributed by atoms with van der Waals surface area (Å²) in [4.78, 5) is 11.6. The van der Waals surface area contributed by atoms with Gasteiger partial charge in [0.25, 0.3) is 0 Å². The molecule has 2 aliphatic rings. The highest BCUT2D eigenvalue weighted by molar-refractivity contribution is 7.85. The minimum absolute atomic E-state index is 0.0328. The second kappa shape index (κ2) is 5.49. The van der Waals surface area contributed by atoms with E-state index < -0.39 is 16.8 Å². The van der Waals surface area contributed by atoms with Crippen molar-refractivity contribution in [2.75, 3.05) is 5.75 Å². The van der Waals surface area contributed by atoms with Crippen LogP contribution in [0.5, 0.6) is 0 Å². The Bertz CT molecular complexity index is 572. The minimum Gasteiger partial charge on any atom is -0.478 e. The maximum Gasteiger partial charge on any atom is 0.337 e. The summed E-state index contributed by atoms with van der Waals surface area (Å²) in [5.74, 6) is 1.69. The number of carbonyl (C=O) groups is 1. The topological polar surface area (TPSA) is 54.4 Å². The van der Waals surface area contributed by atoms with Gasteiger partial charge in [-0.3, -0.25) is 4.21 Å². The van der Waals surface area contributed by atoms with E-state index in [2.05, 4.69) is 0 Å². The Balaban J connectivity index is 1.74. The number of rotatable bonds is 4. The van der Waals surface area contributed by atoms with Crippen molar-refractivity contribution in [1.82, 2.24) is 0 Å². The van der Waals surface area contributed by atoms with Crippen molar-refractivity contribution in [3.63, 3.8) is 0 Å². The standard InChI is InChI=1S/C15H17ClO3S/c16-14-4-3-12(7-13(14)15(17)18)20(19)8-11-6-9-1-2-10(11)5-9/h3-4,7,9-11H,1-2,5-6,8H2,(H,17,18). The predicted molar refractivity (Wildman–Crippen MR) is 78.6 cm³/mol. The molecule has 0 radical (unpaired) electrons. The molecule has 2 saturated carbocycles. The summed E-state index contributed by atoms with van der Waals surface area (Å²) in [6.45, 7) is 0. The van der Waals surface area contributed by atoms with E-state index in [1.165, 1.54) is 37.8 Å². The van der Waals surface area contributed by atoms with Gasteiger partial charge in [0.05, 0.1) is 21.4 Å². The highest BCUT2D eigenvalue weighted by Crippen LogP contribution is 2.48. The molecule has 0 aliphatic heterocycles. The molecule has 3 nitrogen and oxygen atoms in total. The SMILES string of the molecule is O=C(O)c1cc(S(=O)CC2CC3CCC2C3)ccc1Cl. The fourth-order valence-corrected chi connectivity index (χ4v) is 5.34. The molecular weight excluding hydrogens is 296 g/mol. The molecule has 5 heteroatoms. The third-order valence-electron chi connectivity index (χ3n) is 4.68. The molecule has 20 heavy (non-hydrogen) atoms. The number of hydrogen-bond acceptors (Lipinski definition) is 2. The van der Waals surface area contributed by atoms with Crippen LogP contribution < -0.4 is 0 Å². The van der Waals surface area contributed by atoms with Crippen LogP contribution >= 0.6 is 11.6 Å². The number of carboxylic acid groups (broad SMARTS) is 1. The van der Waals surface area contributed by atoms with E-state index in [0.717, 1.165) is 11.8 Å². The van der Waals surface area contributed by atoms with Crippen LogP contribution in [0.15, 0.2) is 23.1 Å². The van der Waals surface area contributed by atoms with Gasteiger partial charge in [-0.2, -0.15) is 0 Å². The molecule has 0 aromatic heterocycles. The first kappa shape index (κ1) is 14.1. The first-order valence-electron chi connectivity index (χ1n) is 6.96. The average molecular weight is 313 g/mol. The van der Waals surface area contributed by atoms with Crippen LogP contribution in [0.25, 0.3) is 0 Å². The third-order valence-corrected chi connectivity index (χ3v) is 6.52. The Morgan fingerprint density at radius 3 is 2.75 bits per heavy atom. The summed E-state index contributed by atoms with van der Waals surface area (Å²) in [5, 5.41) is 9.25. The third kappa shape index (κ3) is 2.63.